The monoisotopic (exact) mass is 330 g/mol. The average Bonchev–Trinajstić information content (AvgIpc) is 2.77. The predicted octanol–water partition coefficient (Wildman–Crippen LogP) is 3.89. The lowest BCUT2D eigenvalue weighted by atomic mass is 9.88. The highest BCUT2D eigenvalue weighted by Crippen LogP contribution is 2.39. The van der Waals surface area contributed by atoms with Gasteiger partial charge in [0.15, 0.2) is 0 Å². The van der Waals surface area contributed by atoms with Crippen LogP contribution >= 0.6 is 27.3 Å². The molecule has 1 fully saturated rings. The highest BCUT2D eigenvalue weighted by molar-refractivity contribution is 9.10. The molecule has 2 heterocycles. The zero-order valence-electron chi connectivity index (χ0n) is 11.3. The molecule has 1 aromatic heterocycles. The molecule has 1 N–H and O–H groups in total. The van der Waals surface area contributed by atoms with Crippen molar-refractivity contribution in [2.24, 2.45) is 5.92 Å². The fourth-order valence-electron chi connectivity index (χ4n) is 3.06. The van der Waals surface area contributed by atoms with E-state index in [9.17, 15) is 0 Å². The molecule has 4 heteroatoms. The molecule has 18 heavy (non-hydrogen) atoms. The van der Waals surface area contributed by atoms with Gasteiger partial charge in [0.05, 0.1) is 0 Å². The van der Waals surface area contributed by atoms with Gasteiger partial charge in [0.2, 0.25) is 0 Å². The molecule has 2 unspecified atom stereocenters. The maximum Gasteiger partial charge on any atom is 0.0482 e. The van der Waals surface area contributed by atoms with E-state index in [2.05, 4.69) is 51.6 Å². The Bertz CT molecular complexity index is 348. The molecule has 0 bridgehead atoms. The van der Waals surface area contributed by atoms with E-state index < -0.39 is 0 Å². The standard InChI is InChI=1S/C14H23BrN2S/c1-3-6-17-7-4-5-11(9-16-2)14(17)13-8-12(15)10-18-13/h8,10-11,14,16H,3-7,9H2,1-2H3. The third-order valence-electron chi connectivity index (χ3n) is 3.72. The van der Waals surface area contributed by atoms with Gasteiger partial charge < -0.3 is 5.32 Å². The third kappa shape index (κ3) is 3.35. The molecular weight excluding hydrogens is 308 g/mol. The summed E-state index contributed by atoms with van der Waals surface area (Å²) in [6.07, 6.45) is 3.94. The Hall–Kier alpha value is 0.1000. The Kier molecular flexibility index (Phi) is 5.67. The number of hydrogen-bond donors (Lipinski definition) is 1. The first-order valence-electron chi connectivity index (χ1n) is 6.88. The van der Waals surface area contributed by atoms with Crippen LogP contribution in [-0.4, -0.2) is 31.6 Å². The number of piperidine rings is 1. The fourth-order valence-corrected chi connectivity index (χ4v) is 4.73. The van der Waals surface area contributed by atoms with Crippen molar-refractivity contribution >= 4 is 27.3 Å². The lowest BCUT2D eigenvalue weighted by Gasteiger charge is -2.41. The van der Waals surface area contributed by atoms with E-state index in [1.807, 2.05) is 11.3 Å². The minimum atomic E-state index is 0.613. The minimum absolute atomic E-state index is 0.613. The van der Waals surface area contributed by atoms with Gasteiger partial charge in [-0.2, -0.15) is 0 Å². The van der Waals surface area contributed by atoms with Crippen molar-refractivity contribution in [3.8, 4) is 0 Å². The molecule has 0 aromatic carbocycles. The summed E-state index contributed by atoms with van der Waals surface area (Å²) in [4.78, 5) is 4.21. The first kappa shape index (κ1) is 14.5. The Labute approximate surface area is 123 Å². The fraction of sp³-hybridized carbons (Fsp3) is 0.714. The largest absolute Gasteiger partial charge is 0.319 e. The van der Waals surface area contributed by atoms with Gasteiger partial charge in [-0.15, -0.1) is 11.3 Å². The highest BCUT2D eigenvalue weighted by atomic mass is 79.9. The summed E-state index contributed by atoms with van der Waals surface area (Å²) in [6.45, 7) is 5.89. The molecule has 102 valence electrons. The number of likely N-dealkylation sites (tertiary alicyclic amines) is 1. The van der Waals surface area contributed by atoms with Crippen molar-refractivity contribution in [3.63, 3.8) is 0 Å². The van der Waals surface area contributed by atoms with Gasteiger partial charge in [0.1, 0.15) is 0 Å². The van der Waals surface area contributed by atoms with Crippen LogP contribution in [0.2, 0.25) is 0 Å². The first-order valence-corrected chi connectivity index (χ1v) is 8.56. The van der Waals surface area contributed by atoms with E-state index in [1.54, 1.807) is 0 Å². The Morgan fingerprint density at radius 2 is 2.39 bits per heavy atom. The van der Waals surface area contributed by atoms with Crippen molar-refractivity contribution in [3.05, 3.63) is 20.8 Å². The number of thiophene rings is 1. The molecule has 1 aliphatic heterocycles. The number of nitrogens with zero attached hydrogens (tertiary/aromatic N) is 1. The second-order valence-corrected chi connectivity index (χ2v) is 6.97. The van der Waals surface area contributed by atoms with E-state index in [-0.39, 0.29) is 0 Å². The number of halogens is 1. The van der Waals surface area contributed by atoms with Crippen molar-refractivity contribution in [1.82, 2.24) is 10.2 Å². The van der Waals surface area contributed by atoms with E-state index in [4.69, 9.17) is 0 Å². The molecule has 0 aliphatic carbocycles. The predicted molar refractivity (Wildman–Crippen MR) is 83.3 cm³/mol. The van der Waals surface area contributed by atoms with E-state index >= 15 is 0 Å². The quantitative estimate of drug-likeness (QED) is 0.880. The molecule has 0 amide bonds. The van der Waals surface area contributed by atoms with Gasteiger partial charge in [-0.25, -0.2) is 0 Å². The summed E-state index contributed by atoms with van der Waals surface area (Å²) in [5.74, 6) is 0.751. The molecular formula is C14H23BrN2S. The zero-order valence-corrected chi connectivity index (χ0v) is 13.7. The molecule has 1 aliphatic rings. The summed E-state index contributed by atoms with van der Waals surface area (Å²) in [7, 11) is 2.07. The van der Waals surface area contributed by atoms with Crippen LogP contribution in [0.3, 0.4) is 0 Å². The summed E-state index contributed by atoms with van der Waals surface area (Å²) >= 11 is 5.49. The maximum atomic E-state index is 3.59. The lowest BCUT2D eigenvalue weighted by Crippen LogP contribution is -2.42. The maximum absolute atomic E-state index is 3.59. The number of rotatable bonds is 5. The highest BCUT2D eigenvalue weighted by Gasteiger charge is 2.32. The summed E-state index contributed by atoms with van der Waals surface area (Å²) in [6, 6.07) is 2.92. The van der Waals surface area contributed by atoms with Gasteiger partial charge in [-0.05, 0) is 73.9 Å². The van der Waals surface area contributed by atoms with Crippen molar-refractivity contribution in [2.75, 3.05) is 26.7 Å². The zero-order chi connectivity index (χ0) is 13.0. The van der Waals surface area contributed by atoms with Crippen LogP contribution in [0.1, 0.15) is 37.1 Å². The van der Waals surface area contributed by atoms with Crippen LogP contribution in [0.4, 0.5) is 0 Å². The normalized spacial score (nSPS) is 25.5. The van der Waals surface area contributed by atoms with Crippen LogP contribution in [0.25, 0.3) is 0 Å². The molecule has 0 saturated carbocycles. The van der Waals surface area contributed by atoms with Crippen LogP contribution in [0, 0.1) is 5.92 Å². The smallest absolute Gasteiger partial charge is 0.0482 e. The van der Waals surface area contributed by atoms with Crippen LogP contribution in [-0.2, 0) is 0 Å². The van der Waals surface area contributed by atoms with Gasteiger partial charge in [-0.1, -0.05) is 6.92 Å². The van der Waals surface area contributed by atoms with Crippen molar-refractivity contribution < 1.29 is 0 Å². The summed E-state index contributed by atoms with van der Waals surface area (Å²) in [5.41, 5.74) is 0. The van der Waals surface area contributed by atoms with Crippen LogP contribution in [0.15, 0.2) is 15.9 Å². The molecule has 2 rings (SSSR count). The second-order valence-electron chi connectivity index (χ2n) is 5.11. The summed E-state index contributed by atoms with van der Waals surface area (Å²) < 4.78 is 1.23. The van der Waals surface area contributed by atoms with E-state index in [0.717, 1.165) is 12.5 Å². The topological polar surface area (TPSA) is 15.3 Å². The molecule has 0 spiro atoms. The number of nitrogens with one attached hydrogen (secondary N) is 1. The third-order valence-corrected chi connectivity index (χ3v) is 5.48. The Balaban J connectivity index is 2.20. The first-order chi connectivity index (χ1) is 8.76. The van der Waals surface area contributed by atoms with Crippen LogP contribution < -0.4 is 5.32 Å². The van der Waals surface area contributed by atoms with Gasteiger partial charge in [0, 0.05) is 20.8 Å². The molecule has 1 aromatic rings. The SMILES string of the molecule is CCCN1CCCC(CNC)C1c1cc(Br)cs1. The average molecular weight is 331 g/mol. The van der Waals surface area contributed by atoms with E-state index in [1.165, 1.54) is 41.7 Å². The van der Waals surface area contributed by atoms with Crippen LogP contribution in [0.5, 0.6) is 0 Å². The van der Waals surface area contributed by atoms with Gasteiger partial charge in [-0.3, -0.25) is 4.90 Å². The molecule has 2 nitrogen and oxygen atoms in total. The van der Waals surface area contributed by atoms with Gasteiger partial charge >= 0.3 is 0 Å². The van der Waals surface area contributed by atoms with E-state index in [0.29, 0.717) is 6.04 Å². The summed E-state index contributed by atoms with van der Waals surface area (Å²) in [5, 5.41) is 5.59. The molecule has 2 atom stereocenters. The molecule has 1 saturated heterocycles. The van der Waals surface area contributed by atoms with Gasteiger partial charge in [0.25, 0.3) is 0 Å². The minimum Gasteiger partial charge on any atom is -0.319 e. The molecule has 0 radical (unpaired) electrons. The Morgan fingerprint density at radius 3 is 3.00 bits per heavy atom. The Morgan fingerprint density at radius 1 is 1.56 bits per heavy atom. The van der Waals surface area contributed by atoms with Crippen molar-refractivity contribution in [2.45, 2.75) is 32.2 Å². The number of hydrogen-bond acceptors (Lipinski definition) is 3. The van der Waals surface area contributed by atoms with Crippen molar-refractivity contribution in [1.29, 1.82) is 0 Å². The second kappa shape index (κ2) is 7.04. The lowest BCUT2D eigenvalue weighted by molar-refractivity contribution is 0.0948.